The van der Waals surface area contributed by atoms with Crippen LogP contribution in [-0.2, 0) is 4.74 Å². The minimum atomic E-state index is -0.600. The normalized spacial score (nSPS) is 10.0. The van der Waals surface area contributed by atoms with Gasteiger partial charge in [0.2, 0.25) is 5.78 Å². The average molecular weight is 335 g/mol. The lowest BCUT2D eigenvalue weighted by Gasteiger charge is -2.10. The number of benzene rings is 2. The molecule has 0 saturated carbocycles. The number of Topliss-reactive ketones (excluding diaryl/α,β-unsaturated/α-hetero) is 1. The number of carbonyl (C=O) groups excluding carboxylic acids is 2. The lowest BCUT2D eigenvalue weighted by Crippen LogP contribution is -2.15. The van der Waals surface area contributed by atoms with Gasteiger partial charge in [0, 0.05) is 5.02 Å². The molecular weight excluding hydrogens is 320 g/mol. The van der Waals surface area contributed by atoms with Gasteiger partial charge in [-0.25, -0.2) is 4.79 Å². The molecule has 6 heteroatoms. The van der Waals surface area contributed by atoms with Crippen LogP contribution in [0.5, 0.6) is 11.5 Å². The van der Waals surface area contributed by atoms with Crippen molar-refractivity contribution in [1.82, 2.24) is 0 Å². The Balaban J connectivity index is 2.07. The topological polar surface area (TPSA) is 61.8 Å². The molecule has 0 heterocycles. The molecule has 0 aliphatic rings. The van der Waals surface area contributed by atoms with Crippen LogP contribution in [0.25, 0.3) is 0 Å². The van der Waals surface area contributed by atoms with Gasteiger partial charge < -0.3 is 14.2 Å². The van der Waals surface area contributed by atoms with Crippen LogP contribution in [0.15, 0.2) is 42.5 Å². The standard InChI is InChI=1S/C17H15ClO5/c1-21-13-7-8-16(22-2)14(9-13)15(19)10-23-17(20)11-3-5-12(18)6-4-11/h3-9H,10H2,1-2H3. The molecule has 0 unspecified atom stereocenters. The van der Waals surface area contributed by atoms with E-state index < -0.39 is 12.6 Å². The summed E-state index contributed by atoms with van der Waals surface area (Å²) in [5.74, 6) is -0.0866. The Labute approximate surface area is 138 Å². The van der Waals surface area contributed by atoms with E-state index in [0.29, 0.717) is 22.1 Å². The van der Waals surface area contributed by atoms with E-state index in [4.69, 9.17) is 25.8 Å². The van der Waals surface area contributed by atoms with Crippen molar-refractivity contribution in [3.63, 3.8) is 0 Å². The summed E-state index contributed by atoms with van der Waals surface area (Å²) in [6.45, 7) is -0.398. The molecular formula is C17H15ClO5. The largest absolute Gasteiger partial charge is 0.497 e. The highest BCUT2D eigenvalue weighted by Crippen LogP contribution is 2.24. The SMILES string of the molecule is COc1ccc(OC)c(C(=O)COC(=O)c2ccc(Cl)cc2)c1. The van der Waals surface area contributed by atoms with Crippen LogP contribution in [0.4, 0.5) is 0 Å². The molecule has 0 amide bonds. The van der Waals surface area contributed by atoms with Crippen LogP contribution >= 0.6 is 11.6 Å². The molecule has 2 aromatic rings. The molecule has 0 N–H and O–H groups in total. The first-order chi connectivity index (χ1) is 11.0. The molecule has 0 spiro atoms. The van der Waals surface area contributed by atoms with Gasteiger partial charge in [0.1, 0.15) is 11.5 Å². The summed E-state index contributed by atoms with van der Waals surface area (Å²) < 4.78 is 15.3. The zero-order valence-electron chi connectivity index (χ0n) is 12.7. The number of halogens is 1. The van der Waals surface area contributed by atoms with Crippen LogP contribution in [0.3, 0.4) is 0 Å². The number of hydrogen-bond donors (Lipinski definition) is 0. The van der Waals surface area contributed by atoms with E-state index in [1.165, 1.54) is 32.4 Å². The van der Waals surface area contributed by atoms with Crippen molar-refractivity contribution in [2.24, 2.45) is 0 Å². The van der Waals surface area contributed by atoms with Gasteiger partial charge >= 0.3 is 5.97 Å². The van der Waals surface area contributed by atoms with Gasteiger partial charge in [-0.2, -0.15) is 0 Å². The fraction of sp³-hybridized carbons (Fsp3) is 0.176. The first-order valence-electron chi connectivity index (χ1n) is 6.73. The molecule has 0 aliphatic heterocycles. The molecule has 2 aromatic carbocycles. The van der Waals surface area contributed by atoms with Gasteiger partial charge in [0.15, 0.2) is 6.61 Å². The average Bonchev–Trinajstić information content (AvgIpc) is 2.59. The van der Waals surface area contributed by atoms with Gasteiger partial charge in [0.25, 0.3) is 0 Å². The van der Waals surface area contributed by atoms with Gasteiger partial charge in [-0.15, -0.1) is 0 Å². The summed E-state index contributed by atoms with van der Waals surface area (Å²) in [5, 5.41) is 0.513. The van der Waals surface area contributed by atoms with Gasteiger partial charge in [0.05, 0.1) is 25.3 Å². The third kappa shape index (κ3) is 4.23. The first kappa shape index (κ1) is 16.8. The smallest absolute Gasteiger partial charge is 0.338 e. The van der Waals surface area contributed by atoms with Crippen molar-refractivity contribution in [1.29, 1.82) is 0 Å². The molecule has 0 aliphatic carbocycles. The summed E-state index contributed by atoms with van der Waals surface area (Å²) in [4.78, 5) is 24.1. The third-order valence-corrected chi connectivity index (χ3v) is 3.37. The summed E-state index contributed by atoms with van der Waals surface area (Å²) in [6, 6.07) is 11.0. The third-order valence-electron chi connectivity index (χ3n) is 3.12. The van der Waals surface area contributed by atoms with Crippen molar-refractivity contribution >= 4 is 23.4 Å². The molecule has 2 rings (SSSR count). The second-order valence-electron chi connectivity index (χ2n) is 4.57. The van der Waals surface area contributed by atoms with Crippen LogP contribution in [0.1, 0.15) is 20.7 Å². The van der Waals surface area contributed by atoms with Crippen molar-refractivity contribution in [2.75, 3.05) is 20.8 Å². The maximum absolute atomic E-state index is 12.2. The number of methoxy groups -OCH3 is 2. The van der Waals surface area contributed by atoms with Crippen LogP contribution in [0, 0.1) is 0 Å². The maximum Gasteiger partial charge on any atom is 0.338 e. The Bertz CT molecular complexity index is 709. The zero-order valence-corrected chi connectivity index (χ0v) is 13.4. The summed E-state index contributed by atoms with van der Waals surface area (Å²) in [7, 11) is 2.95. The Hall–Kier alpha value is -2.53. The Morgan fingerprint density at radius 1 is 1.00 bits per heavy atom. The van der Waals surface area contributed by atoms with Crippen molar-refractivity contribution in [3.8, 4) is 11.5 Å². The Morgan fingerprint density at radius 2 is 1.70 bits per heavy atom. The lowest BCUT2D eigenvalue weighted by atomic mass is 10.1. The van der Waals surface area contributed by atoms with E-state index in [1.54, 1.807) is 24.3 Å². The van der Waals surface area contributed by atoms with Crippen LogP contribution < -0.4 is 9.47 Å². The molecule has 5 nitrogen and oxygen atoms in total. The summed E-state index contributed by atoms with van der Waals surface area (Å²) in [5.41, 5.74) is 0.607. The molecule has 0 saturated heterocycles. The van der Waals surface area contributed by atoms with E-state index in [2.05, 4.69) is 0 Å². The first-order valence-corrected chi connectivity index (χ1v) is 7.11. The summed E-state index contributed by atoms with van der Waals surface area (Å²) in [6.07, 6.45) is 0. The molecule has 0 bridgehead atoms. The molecule has 0 atom stereocenters. The number of rotatable bonds is 6. The van der Waals surface area contributed by atoms with Gasteiger partial charge in [-0.05, 0) is 42.5 Å². The monoisotopic (exact) mass is 334 g/mol. The zero-order chi connectivity index (χ0) is 16.8. The quantitative estimate of drug-likeness (QED) is 0.598. The highest BCUT2D eigenvalue weighted by Gasteiger charge is 2.16. The number of ketones is 1. The number of ether oxygens (including phenoxy) is 3. The molecule has 0 radical (unpaired) electrons. The minimum absolute atomic E-state index is 0.288. The van der Waals surface area contributed by atoms with E-state index in [-0.39, 0.29) is 11.3 Å². The molecule has 0 fully saturated rings. The Morgan fingerprint density at radius 3 is 2.30 bits per heavy atom. The van der Waals surface area contributed by atoms with Crippen LogP contribution in [-0.4, -0.2) is 32.6 Å². The molecule has 120 valence electrons. The highest BCUT2D eigenvalue weighted by molar-refractivity contribution is 6.30. The van der Waals surface area contributed by atoms with E-state index in [0.717, 1.165) is 0 Å². The summed E-state index contributed by atoms with van der Waals surface area (Å²) >= 11 is 5.75. The predicted octanol–water partition coefficient (Wildman–Crippen LogP) is 3.40. The second-order valence-corrected chi connectivity index (χ2v) is 5.01. The fourth-order valence-electron chi connectivity index (χ4n) is 1.91. The van der Waals surface area contributed by atoms with E-state index in [1.807, 2.05) is 0 Å². The Kier molecular flexibility index (Phi) is 5.60. The van der Waals surface area contributed by atoms with E-state index >= 15 is 0 Å². The van der Waals surface area contributed by atoms with Crippen molar-refractivity contribution in [3.05, 3.63) is 58.6 Å². The number of hydrogen-bond acceptors (Lipinski definition) is 5. The van der Waals surface area contributed by atoms with Crippen LogP contribution in [0.2, 0.25) is 5.02 Å². The van der Waals surface area contributed by atoms with Gasteiger partial charge in [-0.1, -0.05) is 11.6 Å². The molecule has 23 heavy (non-hydrogen) atoms. The van der Waals surface area contributed by atoms with Gasteiger partial charge in [-0.3, -0.25) is 4.79 Å². The minimum Gasteiger partial charge on any atom is -0.497 e. The van der Waals surface area contributed by atoms with E-state index in [9.17, 15) is 9.59 Å². The lowest BCUT2D eigenvalue weighted by molar-refractivity contribution is 0.0474. The highest BCUT2D eigenvalue weighted by atomic mass is 35.5. The number of esters is 1. The second kappa shape index (κ2) is 7.65. The fourth-order valence-corrected chi connectivity index (χ4v) is 2.04. The molecule has 0 aromatic heterocycles. The maximum atomic E-state index is 12.2. The van der Waals surface area contributed by atoms with Crippen molar-refractivity contribution in [2.45, 2.75) is 0 Å². The predicted molar refractivity (Wildman–Crippen MR) is 85.6 cm³/mol. The number of carbonyl (C=O) groups is 2. The van der Waals surface area contributed by atoms with Crippen molar-refractivity contribution < 1.29 is 23.8 Å².